The van der Waals surface area contributed by atoms with Gasteiger partial charge in [0.15, 0.2) is 0 Å². The van der Waals surface area contributed by atoms with Crippen LogP contribution in [0.2, 0.25) is 0 Å². The van der Waals surface area contributed by atoms with Gasteiger partial charge in [0, 0.05) is 11.5 Å². The van der Waals surface area contributed by atoms with Crippen molar-refractivity contribution in [1.29, 1.82) is 0 Å². The third-order valence-electron chi connectivity index (χ3n) is 2.77. The average molecular weight is 204 g/mol. The standard InChI is InChI=1S/C11H12N2O2/c1-11(2)4-3-7-5-9(12)10(13(14)15)6-8(7)11/h3-6H,12H2,1-2H3. The van der Waals surface area contributed by atoms with Gasteiger partial charge in [0.2, 0.25) is 0 Å². The topological polar surface area (TPSA) is 69.2 Å². The number of hydrogen-bond donors (Lipinski definition) is 1. The van der Waals surface area contributed by atoms with Gasteiger partial charge in [0.05, 0.1) is 4.92 Å². The third kappa shape index (κ3) is 1.38. The zero-order valence-electron chi connectivity index (χ0n) is 8.65. The Labute approximate surface area is 87.6 Å². The highest BCUT2D eigenvalue weighted by Gasteiger charge is 2.28. The maximum Gasteiger partial charge on any atom is 0.292 e. The highest BCUT2D eigenvalue weighted by molar-refractivity contribution is 5.73. The van der Waals surface area contributed by atoms with Crippen molar-refractivity contribution in [1.82, 2.24) is 0 Å². The Morgan fingerprint density at radius 1 is 1.40 bits per heavy atom. The summed E-state index contributed by atoms with van der Waals surface area (Å²) in [5.41, 5.74) is 7.61. The van der Waals surface area contributed by atoms with Gasteiger partial charge < -0.3 is 5.73 Å². The van der Waals surface area contributed by atoms with Gasteiger partial charge in [-0.1, -0.05) is 26.0 Å². The minimum absolute atomic E-state index is 0.00877. The number of anilines is 1. The Kier molecular flexibility index (Phi) is 1.83. The van der Waals surface area contributed by atoms with Gasteiger partial charge in [-0.05, 0) is 17.2 Å². The van der Waals surface area contributed by atoms with E-state index in [2.05, 4.69) is 0 Å². The molecule has 0 fully saturated rings. The molecule has 0 amide bonds. The molecule has 1 aliphatic rings. The zero-order chi connectivity index (χ0) is 11.2. The Morgan fingerprint density at radius 2 is 2.07 bits per heavy atom. The van der Waals surface area contributed by atoms with E-state index in [1.807, 2.05) is 26.0 Å². The molecule has 4 nitrogen and oxygen atoms in total. The van der Waals surface area contributed by atoms with Crippen molar-refractivity contribution in [2.45, 2.75) is 19.3 Å². The van der Waals surface area contributed by atoms with E-state index in [1.54, 1.807) is 12.1 Å². The molecule has 1 aromatic rings. The molecule has 2 rings (SSSR count). The molecule has 1 aliphatic carbocycles. The average Bonchev–Trinajstić information content (AvgIpc) is 2.40. The van der Waals surface area contributed by atoms with Gasteiger partial charge in [-0.25, -0.2) is 0 Å². The fraction of sp³-hybridized carbons (Fsp3) is 0.273. The predicted octanol–water partition coefficient (Wildman–Crippen LogP) is 2.48. The van der Waals surface area contributed by atoms with Crippen molar-refractivity contribution in [3.8, 4) is 0 Å². The zero-order valence-corrected chi connectivity index (χ0v) is 8.65. The van der Waals surface area contributed by atoms with Crippen molar-refractivity contribution in [2.75, 3.05) is 5.73 Å². The van der Waals surface area contributed by atoms with Gasteiger partial charge in [0.25, 0.3) is 5.69 Å². The number of allylic oxidation sites excluding steroid dienone is 1. The summed E-state index contributed by atoms with van der Waals surface area (Å²) >= 11 is 0. The summed E-state index contributed by atoms with van der Waals surface area (Å²) in [4.78, 5) is 10.3. The highest BCUT2D eigenvalue weighted by Crippen LogP contribution is 2.39. The molecule has 0 atom stereocenters. The number of nitro benzene ring substituents is 1. The number of fused-ring (bicyclic) bond motifs is 1. The summed E-state index contributed by atoms with van der Waals surface area (Å²) in [6, 6.07) is 3.24. The van der Waals surface area contributed by atoms with Gasteiger partial charge in [-0.3, -0.25) is 10.1 Å². The van der Waals surface area contributed by atoms with Crippen molar-refractivity contribution < 1.29 is 4.92 Å². The number of hydrogen-bond acceptors (Lipinski definition) is 3. The van der Waals surface area contributed by atoms with Crippen LogP contribution in [0.3, 0.4) is 0 Å². The van der Waals surface area contributed by atoms with Crippen LogP contribution in [0.5, 0.6) is 0 Å². The summed E-state index contributed by atoms with van der Waals surface area (Å²) in [7, 11) is 0. The van der Waals surface area contributed by atoms with Crippen LogP contribution in [-0.4, -0.2) is 4.92 Å². The van der Waals surface area contributed by atoms with Gasteiger partial charge in [-0.2, -0.15) is 0 Å². The molecule has 0 bridgehead atoms. The quantitative estimate of drug-likeness (QED) is 0.434. The lowest BCUT2D eigenvalue weighted by molar-refractivity contribution is -0.384. The largest absolute Gasteiger partial charge is 0.393 e. The Morgan fingerprint density at radius 3 is 2.67 bits per heavy atom. The molecule has 0 saturated carbocycles. The molecule has 15 heavy (non-hydrogen) atoms. The Hall–Kier alpha value is -1.84. The van der Waals surface area contributed by atoms with Gasteiger partial charge in [0.1, 0.15) is 5.69 Å². The third-order valence-corrected chi connectivity index (χ3v) is 2.77. The Bertz CT molecular complexity index is 476. The minimum Gasteiger partial charge on any atom is -0.393 e. The normalized spacial score (nSPS) is 16.4. The molecule has 1 aromatic carbocycles. The fourth-order valence-electron chi connectivity index (χ4n) is 1.86. The second-order valence-electron chi connectivity index (χ2n) is 4.31. The first-order chi connectivity index (χ1) is 6.92. The molecule has 0 aromatic heterocycles. The van der Waals surface area contributed by atoms with E-state index in [1.165, 1.54) is 0 Å². The van der Waals surface area contributed by atoms with E-state index in [0.29, 0.717) is 0 Å². The van der Waals surface area contributed by atoms with Crippen molar-refractivity contribution in [3.63, 3.8) is 0 Å². The van der Waals surface area contributed by atoms with Crippen LogP contribution >= 0.6 is 0 Å². The summed E-state index contributed by atoms with van der Waals surface area (Å²) in [6.45, 7) is 4.05. The van der Waals surface area contributed by atoms with Gasteiger partial charge >= 0.3 is 0 Å². The number of rotatable bonds is 1. The maximum atomic E-state index is 10.7. The molecule has 0 saturated heterocycles. The highest BCUT2D eigenvalue weighted by atomic mass is 16.6. The van der Waals surface area contributed by atoms with Gasteiger partial charge in [-0.15, -0.1) is 0 Å². The number of nitrogens with zero attached hydrogens (tertiary/aromatic N) is 1. The lowest BCUT2D eigenvalue weighted by Crippen LogP contribution is -2.11. The first kappa shape index (κ1) is 9.71. The fourth-order valence-corrected chi connectivity index (χ4v) is 1.86. The molecular formula is C11H12N2O2. The molecular weight excluding hydrogens is 192 g/mol. The molecule has 78 valence electrons. The van der Waals surface area contributed by atoms with E-state index in [0.717, 1.165) is 11.1 Å². The molecule has 0 unspecified atom stereocenters. The summed E-state index contributed by atoms with van der Waals surface area (Å²) in [5, 5.41) is 10.7. The maximum absolute atomic E-state index is 10.7. The molecule has 0 heterocycles. The molecule has 0 radical (unpaired) electrons. The molecule has 2 N–H and O–H groups in total. The van der Waals surface area contributed by atoms with Crippen LogP contribution < -0.4 is 5.73 Å². The lowest BCUT2D eigenvalue weighted by Gasteiger charge is -2.17. The summed E-state index contributed by atoms with van der Waals surface area (Å²) < 4.78 is 0. The van der Waals surface area contributed by atoms with Crippen molar-refractivity contribution in [2.24, 2.45) is 0 Å². The van der Waals surface area contributed by atoms with Crippen LogP contribution in [0.1, 0.15) is 25.0 Å². The van der Waals surface area contributed by atoms with E-state index < -0.39 is 4.92 Å². The first-order valence-corrected chi connectivity index (χ1v) is 4.69. The summed E-state index contributed by atoms with van der Waals surface area (Å²) in [6.07, 6.45) is 3.98. The molecule has 0 aliphatic heterocycles. The lowest BCUT2D eigenvalue weighted by atomic mass is 9.86. The SMILES string of the molecule is CC1(C)C=Cc2cc(N)c([N+](=O)[O-])cc21. The van der Waals surface area contributed by atoms with Crippen LogP contribution in [0.25, 0.3) is 6.08 Å². The van der Waals surface area contributed by atoms with E-state index in [9.17, 15) is 10.1 Å². The minimum atomic E-state index is -0.440. The number of nitrogen functional groups attached to an aromatic ring is 1. The van der Waals surface area contributed by atoms with Crippen molar-refractivity contribution >= 4 is 17.5 Å². The van der Waals surface area contributed by atoms with Crippen LogP contribution in [0.4, 0.5) is 11.4 Å². The number of nitrogens with two attached hydrogens (primary N) is 1. The van der Waals surface area contributed by atoms with Crippen LogP contribution in [0.15, 0.2) is 18.2 Å². The number of nitro groups is 1. The molecule has 4 heteroatoms. The predicted molar refractivity (Wildman–Crippen MR) is 59.6 cm³/mol. The number of benzene rings is 1. The summed E-state index contributed by atoms with van der Waals surface area (Å²) in [5.74, 6) is 0. The van der Waals surface area contributed by atoms with E-state index in [-0.39, 0.29) is 16.8 Å². The van der Waals surface area contributed by atoms with Crippen molar-refractivity contribution in [3.05, 3.63) is 39.4 Å². The van der Waals surface area contributed by atoms with Crippen LogP contribution in [0, 0.1) is 10.1 Å². The van der Waals surface area contributed by atoms with Crippen LogP contribution in [-0.2, 0) is 5.41 Å². The monoisotopic (exact) mass is 204 g/mol. The second kappa shape index (κ2) is 2.82. The molecule has 0 spiro atoms. The smallest absolute Gasteiger partial charge is 0.292 e. The first-order valence-electron chi connectivity index (χ1n) is 4.69. The Balaban J connectivity index is 2.66. The van der Waals surface area contributed by atoms with E-state index >= 15 is 0 Å². The second-order valence-corrected chi connectivity index (χ2v) is 4.31. The van der Waals surface area contributed by atoms with E-state index in [4.69, 9.17) is 5.73 Å².